The average molecular weight is 372 g/mol. The quantitative estimate of drug-likeness (QED) is 0.892. The van der Waals surface area contributed by atoms with Gasteiger partial charge in [-0.05, 0) is 26.7 Å². The number of rotatable bonds is 4. The molecule has 7 heteroatoms. The van der Waals surface area contributed by atoms with Crippen LogP contribution >= 0.6 is 11.3 Å². The van der Waals surface area contributed by atoms with Gasteiger partial charge in [0.05, 0.1) is 23.7 Å². The molecule has 1 N–H and O–H groups in total. The molecule has 0 radical (unpaired) electrons. The third-order valence-electron chi connectivity index (χ3n) is 5.68. The summed E-state index contributed by atoms with van der Waals surface area (Å²) in [5.74, 6) is 0.302. The van der Waals surface area contributed by atoms with E-state index in [0.717, 1.165) is 48.4 Å². The summed E-state index contributed by atoms with van der Waals surface area (Å²) in [4.78, 5) is 37.1. The molecule has 1 amide bonds. The second-order valence-electron chi connectivity index (χ2n) is 7.47. The third-order valence-corrected chi connectivity index (χ3v) is 6.32. The van der Waals surface area contributed by atoms with Crippen LogP contribution in [0.3, 0.4) is 0 Å². The molecule has 0 spiro atoms. The number of piperidine rings is 1. The number of hydrogen-bond acceptors (Lipinski definition) is 5. The number of fused-ring (bicyclic) bond motifs is 4. The fraction of sp³-hybridized carbons (Fsp3) is 0.526. The minimum Gasteiger partial charge on any atom is -0.363 e. The molecule has 6 nitrogen and oxygen atoms in total. The Balaban J connectivity index is 1.53. The average Bonchev–Trinajstić information content (AvgIpc) is 3.01. The zero-order valence-corrected chi connectivity index (χ0v) is 16.0. The molecule has 3 saturated heterocycles. The molecule has 2 aromatic heterocycles. The Morgan fingerprint density at radius 2 is 2.08 bits per heavy atom. The van der Waals surface area contributed by atoms with Crippen LogP contribution in [0.1, 0.15) is 35.4 Å². The zero-order valence-electron chi connectivity index (χ0n) is 15.2. The molecule has 3 aliphatic heterocycles. The summed E-state index contributed by atoms with van der Waals surface area (Å²) in [6.45, 7) is 6.62. The first-order chi connectivity index (χ1) is 12.5. The molecule has 0 saturated carbocycles. The highest BCUT2D eigenvalue weighted by Gasteiger charge is 2.40. The molecule has 2 atom stereocenters. The summed E-state index contributed by atoms with van der Waals surface area (Å²) in [5.41, 5.74) is 5.39. The summed E-state index contributed by atoms with van der Waals surface area (Å²) < 4.78 is 0. The number of carbonyl (C=O) groups excluding carboxylic acids is 1. The van der Waals surface area contributed by atoms with Crippen LogP contribution < -0.4 is 5.43 Å². The topological polar surface area (TPSA) is 69.3 Å². The smallest absolute Gasteiger partial charge is 0.227 e. The lowest BCUT2D eigenvalue weighted by Crippen LogP contribution is -2.47. The largest absolute Gasteiger partial charge is 0.363 e. The van der Waals surface area contributed by atoms with E-state index in [9.17, 15) is 9.59 Å². The molecule has 138 valence electrons. The molecule has 0 unspecified atom stereocenters. The van der Waals surface area contributed by atoms with Crippen molar-refractivity contribution in [2.45, 2.75) is 45.8 Å². The van der Waals surface area contributed by atoms with Crippen LogP contribution in [0.2, 0.25) is 0 Å². The Morgan fingerprint density at radius 1 is 1.23 bits per heavy atom. The first-order valence-corrected chi connectivity index (χ1v) is 10.0. The van der Waals surface area contributed by atoms with E-state index in [1.165, 1.54) is 0 Å². The van der Waals surface area contributed by atoms with Gasteiger partial charge >= 0.3 is 0 Å². The molecule has 0 aromatic carbocycles. The van der Waals surface area contributed by atoms with Crippen LogP contribution in [0.15, 0.2) is 21.9 Å². The Morgan fingerprint density at radius 3 is 2.85 bits per heavy atom. The van der Waals surface area contributed by atoms with Crippen LogP contribution in [0, 0.1) is 19.8 Å². The van der Waals surface area contributed by atoms with E-state index in [0.29, 0.717) is 13.1 Å². The number of aromatic nitrogens is 2. The Kier molecular flexibility index (Phi) is 4.67. The first kappa shape index (κ1) is 17.4. The predicted molar refractivity (Wildman–Crippen MR) is 101 cm³/mol. The molecular formula is C19H24N4O2S. The van der Waals surface area contributed by atoms with Gasteiger partial charge in [-0.3, -0.25) is 14.5 Å². The lowest BCUT2D eigenvalue weighted by molar-refractivity contribution is -0.140. The number of H-pyrrole nitrogens is 1. The SMILES string of the molecule is Cc1c[nH]c(CN2C[C@H]3CC[C@@H](C2)N(Cc2cscn2)C3=O)c(C)c1=O. The van der Waals surface area contributed by atoms with Gasteiger partial charge in [-0.15, -0.1) is 11.3 Å². The third kappa shape index (κ3) is 3.21. The lowest BCUT2D eigenvalue weighted by atomic mass is 9.94. The predicted octanol–water partition coefficient (Wildman–Crippen LogP) is 2.07. The number of pyridine rings is 1. The standard InChI is InChI=1S/C19H24N4O2S/c1-12-5-20-17(13(2)18(12)24)9-22-6-14-3-4-16(8-22)23(19(14)25)7-15-10-26-11-21-15/h5,10-11,14,16H,3-4,6-9H2,1-2H3,(H,20,24)/t14-,16+/m1/s1. The summed E-state index contributed by atoms with van der Waals surface area (Å²) >= 11 is 1.57. The highest BCUT2D eigenvalue weighted by Crippen LogP contribution is 2.31. The summed E-state index contributed by atoms with van der Waals surface area (Å²) in [6.07, 6.45) is 3.79. The Bertz CT molecular complexity index is 861. The fourth-order valence-electron chi connectivity index (χ4n) is 4.15. The summed E-state index contributed by atoms with van der Waals surface area (Å²) in [6, 6.07) is 0.223. The number of aromatic amines is 1. The molecule has 0 aliphatic carbocycles. The maximum Gasteiger partial charge on any atom is 0.227 e. The van der Waals surface area contributed by atoms with Gasteiger partial charge in [-0.1, -0.05) is 0 Å². The van der Waals surface area contributed by atoms with E-state index in [1.807, 2.05) is 29.6 Å². The van der Waals surface area contributed by atoms with Crippen LogP contribution in [0.4, 0.5) is 0 Å². The van der Waals surface area contributed by atoms with Crippen molar-refractivity contribution in [2.24, 2.45) is 5.92 Å². The number of amides is 1. The van der Waals surface area contributed by atoms with Crippen molar-refractivity contribution in [3.8, 4) is 0 Å². The lowest BCUT2D eigenvalue weighted by Gasteiger charge is -2.35. The van der Waals surface area contributed by atoms with Crippen LogP contribution in [-0.2, 0) is 17.9 Å². The molecule has 2 aromatic rings. The first-order valence-electron chi connectivity index (χ1n) is 9.10. The van der Waals surface area contributed by atoms with Gasteiger partial charge in [0.1, 0.15) is 0 Å². The van der Waals surface area contributed by atoms with Crippen molar-refractivity contribution in [3.63, 3.8) is 0 Å². The van der Waals surface area contributed by atoms with Crippen molar-refractivity contribution in [3.05, 3.63) is 49.8 Å². The molecule has 26 heavy (non-hydrogen) atoms. The number of thiazole rings is 1. The minimum atomic E-state index is 0.0462. The molecule has 3 aliphatic rings. The van der Waals surface area contributed by atoms with E-state index < -0.39 is 0 Å². The molecular weight excluding hydrogens is 348 g/mol. The molecule has 5 heterocycles. The maximum atomic E-state index is 12.9. The highest BCUT2D eigenvalue weighted by molar-refractivity contribution is 7.07. The summed E-state index contributed by atoms with van der Waals surface area (Å²) in [7, 11) is 0. The van der Waals surface area contributed by atoms with Gasteiger partial charge in [0.2, 0.25) is 5.91 Å². The zero-order chi connectivity index (χ0) is 18.3. The highest BCUT2D eigenvalue weighted by atomic mass is 32.1. The van der Waals surface area contributed by atoms with Gasteiger partial charge < -0.3 is 9.88 Å². The van der Waals surface area contributed by atoms with Crippen LogP contribution in [0.5, 0.6) is 0 Å². The van der Waals surface area contributed by atoms with Crippen molar-refractivity contribution >= 4 is 17.2 Å². The van der Waals surface area contributed by atoms with Crippen LogP contribution in [-0.4, -0.2) is 44.8 Å². The van der Waals surface area contributed by atoms with E-state index >= 15 is 0 Å². The van der Waals surface area contributed by atoms with Gasteiger partial charge in [0.15, 0.2) is 5.43 Å². The van der Waals surface area contributed by atoms with Crippen LogP contribution in [0.25, 0.3) is 0 Å². The van der Waals surface area contributed by atoms with E-state index in [1.54, 1.807) is 17.5 Å². The second-order valence-corrected chi connectivity index (χ2v) is 8.19. The number of nitrogens with one attached hydrogen (secondary N) is 1. The van der Waals surface area contributed by atoms with Crippen molar-refractivity contribution in [2.75, 3.05) is 13.1 Å². The maximum absolute atomic E-state index is 12.9. The Hall–Kier alpha value is -1.99. The van der Waals surface area contributed by atoms with Gasteiger partial charge in [0, 0.05) is 54.1 Å². The Labute approximate surface area is 156 Å². The van der Waals surface area contributed by atoms with Gasteiger partial charge in [-0.2, -0.15) is 0 Å². The fourth-order valence-corrected chi connectivity index (χ4v) is 4.70. The van der Waals surface area contributed by atoms with Gasteiger partial charge in [-0.25, -0.2) is 4.98 Å². The van der Waals surface area contributed by atoms with E-state index in [4.69, 9.17) is 0 Å². The van der Waals surface area contributed by atoms with Crippen molar-refractivity contribution in [1.82, 2.24) is 19.8 Å². The van der Waals surface area contributed by atoms with E-state index in [-0.39, 0.29) is 23.3 Å². The number of hydrogen-bond donors (Lipinski definition) is 1. The normalized spacial score (nSPS) is 23.5. The second kappa shape index (κ2) is 6.96. The number of nitrogens with zero attached hydrogens (tertiary/aromatic N) is 3. The van der Waals surface area contributed by atoms with Gasteiger partial charge in [0.25, 0.3) is 0 Å². The van der Waals surface area contributed by atoms with E-state index in [2.05, 4.69) is 14.9 Å². The number of aryl methyl sites for hydroxylation is 1. The molecule has 3 fully saturated rings. The monoisotopic (exact) mass is 372 g/mol. The minimum absolute atomic E-state index is 0.0462. The molecule has 2 bridgehead atoms. The van der Waals surface area contributed by atoms with Crippen molar-refractivity contribution in [1.29, 1.82) is 0 Å². The summed E-state index contributed by atoms with van der Waals surface area (Å²) in [5, 5.41) is 2.02. The van der Waals surface area contributed by atoms with Crippen molar-refractivity contribution < 1.29 is 4.79 Å². The number of carbonyl (C=O) groups is 1. The molecule has 5 rings (SSSR count).